The molecule has 0 unspecified atom stereocenters. The maximum absolute atomic E-state index is 8.58. The highest BCUT2D eigenvalue weighted by Crippen LogP contribution is 2.36. The monoisotopic (exact) mass is 454 g/mol. The van der Waals surface area contributed by atoms with Crippen LogP contribution in [0.2, 0.25) is 0 Å². The molecule has 0 aliphatic heterocycles. The van der Waals surface area contributed by atoms with Gasteiger partial charge in [0, 0.05) is 0 Å². The molecule has 0 fully saturated rings. The van der Waals surface area contributed by atoms with Gasteiger partial charge in [-0.2, -0.15) is 0 Å². The van der Waals surface area contributed by atoms with Crippen molar-refractivity contribution in [3.05, 3.63) is 174 Å². The van der Waals surface area contributed by atoms with Gasteiger partial charge in [-0.3, -0.25) is 0 Å². The minimum absolute atomic E-state index is 0.525. The van der Waals surface area contributed by atoms with Gasteiger partial charge in [-0.05, 0) is 38.9 Å². The van der Waals surface area contributed by atoms with Crippen molar-refractivity contribution in [1.82, 2.24) is 0 Å². The Morgan fingerprint density at radius 3 is 0.771 bits per heavy atom. The smallest absolute Gasteiger partial charge is 0.423 e. The van der Waals surface area contributed by atoms with Crippen LogP contribution < -0.4 is 5.46 Å². The number of benzene rings is 5. The number of hydrogen-bond acceptors (Lipinski definition) is 2. The Hall–Kier alpha value is -4.18. The van der Waals surface area contributed by atoms with E-state index in [1.807, 2.05) is 6.07 Å². The van der Waals surface area contributed by atoms with E-state index >= 15 is 0 Å². The van der Waals surface area contributed by atoms with E-state index in [1.165, 1.54) is 33.4 Å². The second-order valence-corrected chi connectivity index (χ2v) is 8.00. The molecule has 170 valence electrons. The normalized spacial score (nSPS) is 10.0. The zero-order valence-corrected chi connectivity index (χ0v) is 19.4. The van der Waals surface area contributed by atoms with Crippen LogP contribution in [0.5, 0.6) is 0 Å². The molecule has 2 N–H and O–H groups in total. The maximum Gasteiger partial charge on any atom is 0.488 e. The molecule has 0 spiro atoms. The second kappa shape index (κ2) is 12.3. The fourth-order valence-corrected chi connectivity index (χ4v) is 3.96. The minimum atomic E-state index is -1.34. The molecule has 5 aromatic carbocycles. The lowest BCUT2D eigenvalue weighted by Gasteiger charge is -2.18. The predicted molar refractivity (Wildman–Crippen MR) is 147 cm³/mol. The molecule has 0 atom stereocenters. The first-order chi connectivity index (χ1) is 17.2. The summed E-state index contributed by atoms with van der Waals surface area (Å²) in [7, 11) is -1.34. The highest BCUT2D eigenvalue weighted by atomic mass is 16.4. The summed E-state index contributed by atoms with van der Waals surface area (Å²) in [5, 5.41) is 17.2. The van der Waals surface area contributed by atoms with Gasteiger partial charge in [-0.1, -0.05) is 152 Å². The van der Waals surface area contributed by atoms with Crippen molar-refractivity contribution in [1.29, 1.82) is 0 Å². The van der Waals surface area contributed by atoms with Gasteiger partial charge >= 0.3 is 7.12 Å². The molecule has 3 heteroatoms. The molecule has 35 heavy (non-hydrogen) atoms. The summed E-state index contributed by atoms with van der Waals surface area (Å²) in [6, 6.07) is 51.3. The Morgan fingerprint density at radius 1 is 0.343 bits per heavy atom. The largest absolute Gasteiger partial charge is 0.488 e. The van der Waals surface area contributed by atoms with Crippen molar-refractivity contribution >= 4 is 23.7 Å². The van der Waals surface area contributed by atoms with Gasteiger partial charge < -0.3 is 10.0 Å². The Labute approximate surface area is 207 Å². The number of rotatable bonds is 5. The van der Waals surface area contributed by atoms with Gasteiger partial charge in [0.15, 0.2) is 0 Å². The van der Waals surface area contributed by atoms with Crippen molar-refractivity contribution in [3.8, 4) is 0 Å². The van der Waals surface area contributed by atoms with Crippen LogP contribution in [0.15, 0.2) is 152 Å². The van der Waals surface area contributed by atoms with Gasteiger partial charge in [0.25, 0.3) is 0 Å². The Balaban J connectivity index is 0.000000271. The van der Waals surface area contributed by atoms with Gasteiger partial charge in [0.2, 0.25) is 0 Å². The molecule has 0 amide bonds. The molecule has 0 aliphatic rings. The van der Waals surface area contributed by atoms with E-state index in [4.69, 9.17) is 10.0 Å². The Kier molecular flexibility index (Phi) is 8.44. The van der Waals surface area contributed by atoms with Gasteiger partial charge in [-0.25, -0.2) is 0 Å². The molecule has 0 aliphatic carbocycles. The van der Waals surface area contributed by atoms with Crippen molar-refractivity contribution in [2.45, 2.75) is 0 Å². The molecule has 0 radical (unpaired) electrons. The first-order valence-electron chi connectivity index (χ1n) is 11.6. The van der Waals surface area contributed by atoms with Crippen molar-refractivity contribution in [2.24, 2.45) is 0 Å². The van der Waals surface area contributed by atoms with E-state index in [-0.39, 0.29) is 0 Å². The van der Waals surface area contributed by atoms with E-state index in [9.17, 15) is 0 Å². The third-order valence-electron chi connectivity index (χ3n) is 5.60. The van der Waals surface area contributed by atoms with Crippen LogP contribution >= 0.6 is 0 Å². The summed E-state index contributed by atoms with van der Waals surface area (Å²) in [4.78, 5) is 0. The second-order valence-electron chi connectivity index (χ2n) is 8.00. The molecule has 5 aromatic rings. The molecular formula is C32H27BO2. The summed E-state index contributed by atoms with van der Waals surface area (Å²) < 4.78 is 0. The van der Waals surface area contributed by atoms with Crippen LogP contribution in [-0.2, 0) is 0 Å². The fourth-order valence-electron chi connectivity index (χ4n) is 3.96. The van der Waals surface area contributed by atoms with Crippen molar-refractivity contribution < 1.29 is 10.0 Å². The van der Waals surface area contributed by atoms with Crippen LogP contribution in [0, 0.1) is 0 Å². The summed E-state index contributed by atoms with van der Waals surface area (Å²) in [5.74, 6) is 0. The molecule has 2 nitrogen and oxygen atoms in total. The van der Waals surface area contributed by atoms with Gasteiger partial charge in [0.1, 0.15) is 0 Å². The summed E-state index contributed by atoms with van der Waals surface area (Å²) in [6.07, 6.45) is 0. The van der Waals surface area contributed by atoms with E-state index in [0.29, 0.717) is 5.46 Å². The third kappa shape index (κ3) is 6.45. The molecule has 0 saturated carbocycles. The Morgan fingerprint density at radius 2 is 0.571 bits per heavy atom. The molecule has 0 heterocycles. The van der Waals surface area contributed by atoms with E-state index in [2.05, 4.69) is 121 Å². The van der Waals surface area contributed by atoms with Crippen LogP contribution in [0.4, 0.5) is 0 Å². The average Bonchev–Trinajstić information content (AvgIpc) is 2.94. The lowest BCUT2D eigenvalue weighted by molar-refractivity contribution is 0.426. The zero-order valence-electron chi connectivity index (χ0n) is 19.4. The average molecular weight is 454 g/mol. The van der Waals surface area contributed by atoms with Crippen molar-refractivity contribution in [3.63, 3.8) is 0 Å². The number of hydrogen-bond donors (Lipinski definition) is 2. The maximum atomic E-state index is 8.58. The molecule has 5 rings (SSSR count). The van der Waals surface area contributed by atoms with E-state index in [0.717, 1.165) is 0 Å². The summed E-state index contributed by atoms with van der Waals surface area (Å²) >= 11 is 0. The highest BCUT2D eigenvalue weighted by molar-refractivity contribution is 6.58. The van der Waals surface area contributed by atoms with E-state index in [1.54, 1.807) is 24.3 Å². The summed E-state index contributed by atoms with van der Waals surface area (Å²) in [5.41, 5.74) is 7.93. The standard InChI is InChI=1S/C26H20.C6H7BO2/c1-5-13-21(14-6-1)25(22-15-7-2-8-16-22)26(23-17-9-3-10-18-23)24-19-11-4-12-20-24;8-7(9)6-4-2-1-3-5-6/h1-20H;1-5,8-9H. The van der Waals surface area contributed by atoms with Crippen molar-refractivity contribution in [2.75, 3.05) is 0 Å². The summed E-state index contributed by atoms with van der Waals surface area (Å²) in [6.45, 7) is 0. The van der Waals surface area contributed by atoms with Crippen LogP contribution in [-0.4, -0.2) is 17.2 Å². The zero-order chi connectivity index (χ0) is 24.3. The van der Waals surface area contributed by atoms with Crippen LogP contribution in [0.3, 0.4) is 0 Å². The topological polar surface area (TPSA) is 40.5 Å². The third-order valence-corrected chi connectivity index (χ3v) is 5.60. The van der Waals surface area contributed by atoms with Gasteiger partial charge in [0.05, 0.1) is 0 Å². The quantitative estimate of drug-likeness (QED) is 0.250. The highest BCUT2D eigenvalue weighted by Gasteiger charge is 2.15. The lowest BCUT2D eigenvalue weighted by atomic mass is 9.81. The Bertz CT molecular complexity index is 1150. The van der Waals surface area contributed by atoms with E-state index < -0.39 is 7.12 Å². The minimum Gasteiger partial charge on any atom is -0.423 e. The molecule has 0 saturated heterocycles. The first kappa shape index (κ1) is 24.0. The fraction of sp³-hybridized carbons (Fsp3) is 0. The lowest BCUT2D eigenvalue weighted by Crippen LogP contribution is -2.29. The first-order valence-corrected chi connectivity index (χ1v) is 11.6. The van der Waals surface area contributed by atoms with Gasteiger partial charge in [-0.15, -0.1) is 0 Å². The predicted octanol–water partition coefficient (Wildman–Crippen LogP) is 6.06. The van der Waals surface area contributed by atoms with Crippen LogP contribution in [0.25, 0.3) is 11.1 Å². The molecule has 0 bridgehead atoms. The molecular weight excluding hydrogens is 427 g/mol. The molecule has 0 aromatic heterocycles. The van der Waals surface area contributed by atoms with Crippen LogP contribution in [0.1, 0.15) is 22.3 Å². The SMILES string of the molecule is OB(O)c1ccccc1.c1ccc(C(=C(c2ccccc2)c2ccccc2)c2ccccc2)cc1.